The summed E-state index contributed by atoms with van der Waals surface area (Å²) in [7, 11) is 1.31. The molecule has 0 aliphatic carbocycles. The molecule has 0 radical (unpaired) electrons. The Morgan fingerprint density at radius 3 is 2.45 bits per heavy atom. The number of rotatable bonds is 6. The maximum atomic E-state index is 11.5. The number of hydrogen-bond acceptors (Lipinski definition) is 7. The molecule has 0 spiro atoms. The third-order valence-corrected chi connectivity index (χ3v) is 4.31. The van der Waals surface area contributed by atoms with E-state index in [2.05, 4.69) is 4.74 Å². The summed E-state index contributed by atoms with van der Waals surface area (Å²) in [5, 5.41) is 2.04. The summed E-state index contributed by atoms with van der Waals surface area (Å²) in [6, 6.07) is 11.7. The Hall–Kier alpha value is -3.65. The van der Waals surface area contributed by atoms with Crippen LogP contribution in [-0.2, 0) is 25.5 Å². The van der Waals surface area contributed by atoms with Gasteiger partial charge in [0.1, 0.15) is 17.5 Å². The molecule has 0 aromatic heterocycles. The van der Waals surface area contributed by atoms with Gasteiger partial charge in [-0.25, -0.2) is 4.79 Å². The van der Waals surface area contributed by atoms with E-state index in [0.717, 1.165) is 11.1 Å². The van der Waals surface area contributed by atoms with Crippen molar-refractivity contribution < 1.29 is 28.6 Å². The first-order chi connectivity index (χ1) is 13.9. The number of esters is 1. The van der Waals surface area contributed by atoms with Gasteiger partial charge in [0.2, 0.25) is 0 Å². The van der Waals surface area contributed by atoms with Gasteiger partial charge in [0.25, 0.3) is 5.91 Å². The Morgan fingerprint density at radius 2 is 1.86 bits per heavy atom. The molecule has 3 N–H and O–H groups in total. The van der Waals surface area contributed by atoms with E-state index < -0.39 is 24.0 Å². The number of nitrogens with one attached hydrogen (secondary N) is 1. The minimum absolute atomic E-state index is 0.0555. The number of carbonyl (C=O) groups excluding carboxylic acids is 3. The van der Waals surface area contributed by atoms with E-state index in [1.165, 1.54) is 13.2 Å². The topological polar surface area (TPSA) is 117 Å². The van der Waals surface area contributed by atoms with Crippen LogP contribution < -0.4 is 15.8 Å². The third-order valence-electron chi connectivity index (χ3n) is 4.31. The predicted molar refractivity (Wildman–Crippen MR) is 104 cm³/mol. The van der Waals surface area contributed by atoms with Crippen molar-refractivity contribution in [2.24, 2.45) is 5.73 Å². The Balaban J connectivity index is 1.66. The van der Waals surface area contributed by atoms with Crippen LogP contribution in [0.25, 0.3) is 6.08 Å². The fourth-order valence-corrected chi connectivity index (χ4v) is 2.77. The smallest absolute Gasteiger partial charge is 0.419 e. The summed E-state index contributed by atoms with van der Waals surface area (Å²) in [4.78, 5) is 34.0. The zero-order valence-corrected chi connectivity index (χ0v) is 15.9. The zero-order valence-electron chi connectivity index (χ0n) is 15.9. The van der Waals surface area contributed by atoms with Crippen molar-refractivity contribution in [1.82, 2.24) is 5.32 Å². The molecule has 29 heavy (non-hydrogen) atoms. The molecule has 1 atom stereocenters. The highest BCUT2D eigenvalue weighted by Gasteiger charge is 2.25. The molecule has 2 aromatic carbocycles. The van der Waals surface area contributed by atoms with Gasteiger partial charge < -0.3 is 19.9 Å². The van der Waals surface area contributed by atoms with Crippen LogP contribution in [0, 0.1) is 6.92 Å². The van der Waals surface area contributed by atoms with Gasteiger partial charge in [-0.2, -0.15) is 0 Å². The quantitative estimate of drug-likeness (QED) is 0.569. The minimum atomic E-state index is -0.785. The van der Waals surface area contributed by atoms with Crippen molar-refractivity contribution in [3.63, 3.8) is 0 Å². The number of nitrogens with two attached hydrogens (primary N) is 1. The molecule has 0 saturated carbocycles. The Bertz CT molecular complexity index is 981. The molecule has 1 heterocycles. The SMILES string of the molecule is COC(=O)C(N)Cc1ccc(Oc2ccc(/C=C3/OC(=O)NC3=O)cc2)cc1C. The number of carbonyl (C=O) groups is 3. The molecule has 3 rings (SSSR count). The summed E-state index contributed by atoms with van der Waals surface area (Å²) in [6.07, 6.45) is 1.06. The zero-order chi connectivity index (χ0) is 21.0. The Labute approximate surface area is 167 Å². The van der Waals surface area contributed by atoms with Gasteiger partial charge in [0.15, 0.2) is 5.76 Å². The minimum Gasteiger partial charge on any atom is -0.468 e. The number of imide groups is 1. The average molecular weight is 396 g/mol. The Morgan fingerprint density at radius 1 is 1.17 bits per heavy atom. The number of alkyl carbamates (subject to hydrolysis) is 1. The molecule has 1 aliphatic heterocycles. The number of amides is 2. The van der Waals surface area contributed by atoms with Crippen LogP contribution in [0.1, 0.15) is 16.7 Å². The molecule has 8 heteroatoms. The lowest BCUT2D eigenvalue weighted by Crippen LogP contribution is -2.33. The van der Waals surface area contributed by atoms with Crippen LogP contribution in [0.15, 0.2) is 48.2 Å². The van der Waals surface area contributed by atoms with Gasteiger partial charge in [-0.05, 0) is 60.4 Å². The van der Waals surface area contributed by atoms with E-state index in [9.17, 15) is 14.4 Å². The normalized spacial score (nSPS) is 15.6. The summed E-state index contributed by atoms with van der Waals surface area (Å²) in [6.45, 7) is 1.91. The first-order valence-corrected chi connectivity index (χ1v) is 8.81. The molecule has 1 fully saturated rings. The number of methoxy groups -OCH3 is 1. The highest BCUT2D eigenvalue weighted by Crippen LogP contribution is 2.25. The third kappa shape index (κ3) is 4.99. The van der Waals surface area contributed by atoms with E-state index in [4.69, 9.17) is 15.2 Å². The van der Waals surface area contributed by atoms with Crippen molar-refractivity contribution in [2.75, 3.05) is 7.11 Å². The van der Waals surface area contributed by atoms with Crippen LogP contribution in [0.5, 0.6) is 11.5 Å². The van der Waals surface area contributed by atoms with Gasteiger partial charge >= 0.3 is 12.1 Å². The number of ether oxygens (including phenoxy) is 3. The first kappa shape index (κ1) is 20.1. The highest BCUT2D eigenvalue weighted by molar-refractivity contribution is 6.09. The van der Waals surface area contributed by atoms with Crippen LogP contribution in [0.2, 0.25) is 0 Å². The molecule has 1 unspecified atom stereocenters. The van der Waals surface area contributed by atoms with Gasteiger partial charge in [0.05, 0.1) is 7.11 Å². The molecule has 2 amide bonds. The van der Waals surface area contributed by atoms with E-state index in [-0.39, 0.29) is 5.76 Å². The van der Waals surface area contributed by atoms with Gasteiger partial charge in [-0.15, -0.1) is 0 Å². The van der Waals surface area contributed by atoms with Crippen molar-refractivity contribution >= 4 is 24.0 Å². The van der Waals surface area contributed by atoms with E-state index >= 15 is 0 Å². The van der Waals surface area contributed by atoms with Crippen molar-refractivity contribution in [1.29, 1.82) is 0 Å². The van der Waals surface area contributed by atoms with Crippen LogP contribution in [0.3, 0.4) is 0 Å². The fourth-order valence-electron chi connectivity index (χ4n) is 2.77. The summed E-state index contributed by atoms with van der Waals surface area (Å²) < 4.78 is 15.3. The van der Waals surface area contributed by atoms with Crippen molar-refractivity contribution in [3.05, 3.63) is 64.9 Å². The maximum absolute atomic E-state index is 11.5. The van der Waals surface area contributed by atoms with Crippen molar-refractivity contribution in [2.45, 2.75) is 19.4 Å². The van der Waals surface area contributed by atoms with Gasteiger partial charge in [0, 0.05) is 0 Å². The summed E-state index contributed by atoms with van der Waals surface area (Å²) in [5.74, 6) is 0.147. The second-order valence-corrected chi connectivity index (χ2v) is 6.45. The second-order valence-electron chi connectivity index (χ2n) is 6.45. The largest absolute Gasteiger partial charge is 0.468 e. The number of cyclic esters (lactones) is 1. The van der Waals surface area contributed by atoms with E-state index in [1.807, 2.05) is 24.4 Å². The number of hydrogen-bond donors (Lipinski definition) is 2. The van der Waals surface area contributed by atoms with Crippen LogP contribution in [-0.4, -0.2) is 31.1 Å². The molecular formula is C21H20N2O6. The standard InChI is InChI=1S/C21H20N2O6/c1-12-9-16(8-5-14(12)11-17(22)20(25)27-2)28-15-6-3-13(4-7-15)10-18-19(24)23-21(26)29-18/h3-10,17H,11,22H2,1-2H3,(H,23,24,26)/b18-10+. The average Bonchev–Trinajstić information content (AvgIpc) is 3.01. The maximum Gasteiger partial charge on any atom is 0.419 e. The molecule has 1 saturated heterocycles. The fraction of sp³-hybridized carbons (Fsp3) is 0.190. The van der Waals surface area contributed by atoms with Gasteiger partial charge in [-0.1, -0.05) is 18.2 Å². The van der Waals surface area contributed by atoms with Crippen molar-refractivity contribution in [3.8, 4) is 11.5 Å². The molecule has 0 bridgehead atoms. The molecule has 1 aliphatic rings. The summed E-state index contributed by atoms with van der Waals surface area (Å²) >= 11 is 0. The molecular weight excluding hydrogens is 376 g/mol. The van der Waals surface area contributed by atoms with E-state index in [0.29, 0.717) is 23.5 Å². The van der Waals surface area contributed by atoms with E-state index in [1.54, 1.807) is 30.3 Å². The summed E-state index contributed by atoms with van der Waals surface area (Å²) in [5.41, 5.74) is 8.37. The monoisotopic (exact) mass is 396 g/mol. The first-order valence-electron chi connectivity index (χ1n) is 8.81. The van der Waals surface area contributed by atoms with Crippen LogP contribution in [0.4, 0.5) is 4.79 Å². The molecule has 8 nitrogen and oxygen atoms in total. The number of benzene rings is 2. The second kappa shape index (κ2) is 8.57. The Kier molecular flexibility index (Phi) is 5.94. The predicted octanol–water partition coefficient (Wildman–Crippen LogP) is 2.44. The molecule has 150 valence electrons. The molecule has 2 aromatic rings. The lowest BCUT2D eigenvalue weighted by atomic mass is 10.0. The highest BCUT2D eigenvalue weighted by atomic mass is 16.6. The lowest BCUT2D eigenvalue weighted by molar-refractivity contribution is -0.142. The van der Waals surface area contributed by atoms with Gasteiger partial charge in [-0.3, -0.25) is 14.9 Å². The number of aryl methyl sites for hydroxylation is 1. The lowest BCUT2D eigenvalue weighted by Gasteiger charge is -2.13. The van der Waals surface area contributed by atoms with Crippen LogP contribution >= 0.6 is 0 Å².